The molecule has 1 heterocycles. The fourth-order valence-electron chi connectivity index (χ4n) is 2.50. The maximum atomic E-state index is 5.71. The Labute approximate surface area is 121 Å². The highest BCUT2D eigenvalue weighted by Gasteiger charge is 2.11. The number of aryl methyl sites for hydroxylation is 1. The fraction of sp³-hybridized carbons (Fsp3) is 0.412. The van der Waals surface area contributed by atoms with Crippen LogP contribution in [0.5, 0.6) is 0 Å². The fourth-order valence-corrected chi connectivity index (χ4v) is 2.50. The van der Waals surface area contributed by atoms with Gasteiger partial charge in [-0.3, -0.25) is 11.3 Å². The minimum Gasteiger partial charge on any atom is -0.469 e. The van der Waals surface area contributed by atoms with Crippen LogP contribution >= 0.6 is 0 Å². The molecule has 108 valence electrons. The highest BCUT2D eigenvalue weighted by atomic mass is 16.3. The molecule has 1 unspecified atom stereocenters. The van der Waals surface area contributed by atoms with E-state index >= 15 is 0 Å². The van der Waals surface area contributed by atoms with E-state index in [4.69, 9.17) is 10.3 Å². The van der Waals surface area contributed by atoms with Crippen LogP contribution in [0.15, 0.2) is 47.1 Å². The Morgan fingerprint density at radius 2 is 2.05 bits per heavy atom. The average molecular weight is 272 g/mol. The SMILES string of the molecule is CC(C)Cc1cccc(C(CCc2ccco2)NN)c1. The Kier molecular flexibility index (Phi) is 5.39. The molecule has 0 bridgehead atoms. The standard InChI is InChI=1S/C17H24N2O/c1-13(2)11-14-5-3-6-15(12-14)17(19-18)9-8-16-7-4-10-20-16/h3-7,10,12-13,17,19H,8-9,11,18H2,1-2H3. The van der Waals surface area contributed by atoms with Crippen molar-refractivity contribution in [1.82, 2.24) is 5.43 Å². The molecule has 3 nitrogen and oxygen atoms in total. The largest absolute Gasteiger partial charge is 0.469 e. The highest BCUT2D eigenvalue weighted by Crippen LogP contribution is 2.21. The number of hydrazine groups is 1. The molecule has 0 saturated heterocycles. The second kappa shape index (κ2) is 7.27. The van der Waals surface area contributed by atoms with Gasteiger partial charge in [0.05, 0.1) is 6.26 Å². The predicted octanol–water partition coefficient (Wildman–Crippen LogP) is 3.62. The van der Waals surface area contributed by atoms with E-state index in [9.17, 15) is 0 Å². The van der Waals surface area contributed by atoms with E-state index in [2.05, 4.69) is 43.5 Å². The van der Waals surface area contributed by atoms with Crippen molar-refractivity contribution in [3.05, 3.63) is 59.5 Å². The van der Waals surface area contributed by atoms with E-state index in [1.54, 1.807) is 6.26 Å². The van der Waals surface area contributed by atoms with Crippen molar-refractivity contribution in [2.24, 2.45) is 11.8 Å². The van der Waals surface area contributed by atoms with E-state index in [0.717, 1.165) is 25.0 Å². The number of furan rings is 1. The molecule has 20 heavy (non-hydrogen) atoms. The molecule has 0 amide bonds. The summed E-state index contributed by atoms with van der Waals surface area (Å²) in [5.74, 6) is 7.38. The zero-order valence-electron chi connectivity index (χ0n) is 12.3. The average Bonchev–Trinajstić information content (AvgIpc) is 2.92. The lowest BCUT2D eigenvalue weighted by Crippen LogP contribution is -2.28. The zero-order valence-corrected chi connectivity index (χ0v) is 12.3. The normalized spacial score (nSPS) is 12.8. The summed E-state index contributed by atoms with van der Waals surface area (Å²) < 4.78 is 5.37. The molecule has 3 heteroatoms. The van der Waals surface area contributed by atoms with Crippen LogP contribution in [0.25, 0.3) is 0 Å². The maximum Gasteiger partial charge on any atom is 0.103 e. The van der Waals surface area contributed by atoms with Crippen molar-refractivity contribution in [2.45, 2.75) is 39.2 Å². The van der Waals surface area contributed by atoms with Gasteiger partial charge in [-0.25, -0.2) is 0 Å². The number of benzene rings is 1. The van der Waals surface area contributed by atoms with Gasteiger partial charge >= 0.3 is 0 Å². The van der Waals surface area contributed by atoms with Gasteiger partial charge in [-0.15, -0.1) is 0 Å². The summed E-state index contributed by atoms with van der Waals surface area (Å²) in [6, 6.07) is 12.8. The van der Waals surface area contributed by atoms with Crippen LogP contribution in [-0.2, 0) is 12.8 Å². The van der Waals surface area contributed by atoms with Crippen molar-refractivity contribution in [3.8, 4) is 0 Å². The monoisotopic (exact) mass is 272 g/mol. The Balaban J connectivity index is 2.02. The van der Waals surface area contributed by atoms with Crippen LogP contribution in [0.1, 0.15) is 43.2 Å². The summed E-state index contributed by atoms with van der Waals surface area (Å²) in [5.41, 5.74) is 5.54. The summed E-state index contributed by atoms with van der Waals surface area (Å²) in [7, 11) is 0. The van der Waals surface area contributed by atoms with Crippen LogP contribution in [0.2, 0.25) is 0 Å². The lowest BCUT2D eigenvalue weighted by Gasteiger charge is -2.17. The minimum absolute atomic E-state index is 0.159. The Morgan fingerprint density at radius 3 is 2.70 bits per heavy atom. The van der Waals surface area contributed by atoms with Crippen LogP contribution in [0.3, 0.4) is 0 Å². The smallest absolute Gasteiger partial charge is 0.103 e. The molecule has 0 aliphatic rings. The summed E-state index contributed by atoms with van der Waals surface area (Å²) >= 11 is 0. The molecular weight excluding hydrogens is 248 g/mol. The quantitative estimate of drug-likeness (QED) is 0.598. The van der Waals surface area contributed by atoms with Gasteiger partial charge in [-0.1, -0.05) is 38.1 Å². The van der Waals surface area contributed by atoms with Gasteiger partial charge in [0.1, 0.15) is 5.76 Å². The molecule has 1 aromatic carbocycles. The third-order valence-corrected chi connectivity index (χ3v) is 3.46. The molecule has 2 rings (SSSR count). The second-order valence-corrected chi connectivity index (χ2v) is 5.68. The summed E-state index contributed by atoms with van der Waals surface area (Å²) in [6.07, 6.45) is 4.62. The lowest BCUT2D eigenvalue weighted by atomic mass is 9.96. The Bertz CT molecular complexity index is 505. The van der Waals surface area contributed by atoms with Gasteiger partial charge in [-0.05, 0) is 42.0 Å². The third-order valence-electron chi connectivity index (χ3n) is 3.46. The summed E-state index contributed by atoms with van der Waals surface area (Å²) in [6.45, 7) is 4.48. The highest BCUT2D eigenvalue weighted by molar-refractivity contribution is 5.26. The number of nitrogens with one attached hydrogen (secondary N) is 1. The second-order valence-electron chi connectivity index (χ2n) is 5.68. The summed E-state index contributed by atoms with van der Waals surface area (Å²) in [4.78, 5) is 0. The molecule has 0 spiro atoms. The number of nitrogens with two attached hydrogens (primary N) is 1. The van der Waals surface area contributed by atoms with Gasteiger partial charge in [0.15, 0.2) is 0 Å². The molecule has 0 saturated carbocycles. The van der Waals surface area contributed by atoms with E-state index < -0.39 is 0 Å². The van der Waals surface area contributed by atoms with E-state index in [0.29, 0.717) is 5.92 Å². The maximum absolute atomic E-state index is 5.71. The van der Waals surface area contributed by atoms with Crippen LogP contribution < -0.4 is 11.3 Å². The number of hydrogen-bond donors (Lipinski definition) is 2. The van der Waals surface area contributed by atoms with Crippen molar-refractivity contribution < 1.29 is 4.42 Å². The van der Waals surface area contributed by atoms with E-state index in [1.165, 1.54) is 11.1 Å². The third kappa shape index (κ3) is 4.22. The van der Waals surface area contributed by atoms with Crippen molar-refractivity contribution in [2.75, 3.05) is 0 Å². The van der Waals surface area contributed by atoms with Crippen molar-refractivity contribution in [3.63, 3.8) is 0 Å². The van der Waals surface area contributed by atoms with Crippen molar-refractivity contribution in [1.29, 1.82) is 0 Å². The summed E-state index contributed by atoms with van der Waals surface area (Å²) in [5, 5.41) is 0. The first kappa shape index (κ1) is 14.8. The van der Waals surface area contributed by atoms with Crippen LogP contribution in [-0.4, -0.2) is 0 Å². The zero-order chi connectivity index (χ0) is 14.4. The molecule has 2 aromatic rings. The molecule has 0 fully saturated rings. The molecular formula is C17H24N2O. The lowest BCUT2D eigenvalue weighted by molar-refractivity contribution is 0.458. The topological polar surface area (TPSA) is 51.2 Å². The number of rotatable bonds is 7. The Hall–Kier alpha value is -1.58. The Morgan fingerprint density at radius 1 is 1.20 bits per heavy atom. The molecule has 0 radical (unpaired) electrons. The first-order valence-corrected chi connectivity index (χ1v) is 7.26. The van der Waals surface area contributed by atoms with E-state index in [-0.39, 0.29) is 6.04 Å². The van der Waals surface area contributed by atoms with Crippen LogP contribution in [0.4, 0.5) is 0 Å². The van der Waals surface area contributed by atoms with E-state index in [1.807, 2.05) is 12.1 Å². The first-order valence-electron chi connectivity index (χ1n) is 7.26. The molecule has 1 aromatic heterocycles. The van der Waals surface area contributed by atoms with Gasteiger partial charge in [0, 0.05) is 12.5 Å². The van der Waals surface area contributed by atoms with Crippen molar-refractivity contribution >= 4 is 0 Å². The van der Waals surface area contributed by atoms with Crippen LogP contribution in [0, 0.1) is 5.92 Å². The van der Waals surface area contributed by atoms with Gasteiger partial charge in [0.2, 0.25) is 0 Å². The first-order chi connectivity index (χ1) is 9.69. The minimum atomic E-state index is 0.159. The molecule has 1 atom stereocenters. The predicted molar refractivity (Wildman–Crippen MR) is 82.1 cm³/mol. The van der Waals surface area contributed by atoms with Gasteiger partial charge in [-0.2, -0.15) is 0 Å². The number of hydrogen-bond acceptors (Lipinski definition) is 3. The molecule has 0 aliphatic heterocycles. The molecule has 3 N–H and O–H groups in total. The molecule has 0 aliphatic carbocycles. The van der Waals surface area contributed by atoms with Gasteiger partial charge in [0.25, 0.3) is 0 Å². The van der Waals surface area contributed by atoms with Gasteiger partial charge < -0.3 is 4.42 Å².